The Balaban J connectivity index is 1.12. The van der Waals surface area contributed by atoms with E-state index in [4.69, 9.17) is 0 Å². The molecule has 4 aliphatic rings. The Bertz CT molecular complexity index is 2590. The van der Waals surface area contributed by atoms with Crippen molar-refractivity contribution in [2.75, 3.05) is 4.90 Å². The van der Waals surface area contributed by atoms with E-state index in [1.807, 2.05) is 0 Å². The molecule has 3 unspecified atom stereocenters. The first-order valence-electron chi connectivity index (χ1n) is 21.9. The number of anilines is 3. The van der Waals surface area contributed by atoms with E-state index in [-0.39, 0.29) is 5.41 Å². The lowest BCUT2D eigenvalue weighted by Gasteiger charge is -2.31. The van der Waals surface area contributed by atoms with Crippen molar-refractivity contribution in [2.24, 2.45) is 11.8 Å². The molecule has 7 aromatic rings. The SMILES string of the molecule is CC1(C)c2ccccc2-c2c(-c3ccc(-c4ccccc4)cc3)cc(N(c3ccc(C4CC5CCC4C5)cc3)c3cccc4ccc(C5CCCCC5)cc34)cc21. The molecule has 1 nitrogen and oxygen atoms in total. The molecule has 7 aromatic carbocycles. The maximum Gasteiger partial charge on any atom is 0.0540 e. The van der Waals surface area contributed by atoms with Gasteiger partial charge in [-0.15, -0.1) is 0 Å². The molecule has 0 radical (unpaired) electrons. The average molecular weight is 740 g/mol. The third-order valence-electron chi connectivity index (χ3n) is 14.7. The second kappa shape index (κ2) is 13.9. The van der Waals surface area contributed by atoms with Gasteiger partial charge >= 0.3 is 0 Å². The van der Waals surface area contributed by atoms with E-state index in [0.717, 1.165) is 11.8 Å². The first-order chi connectivity index (χ1) is 28.0. The topological polar surface area (TPSA) is 3.24 Å². The molecule has 0 heterocycles. The highest BCUT2D eigenvalue weighted by molar-refractivity contribution is 6.02. The smallest absolute Gasteiger partial charge is 0.0540 e. The predicted molar refractivity (Wildman–Crippen MR) is 241 cm³/mol. The molecule has 3 saturated carbocycles. The lowest BCUT2D eigenvalue weighted by atomic mass is 9.81. The van der Waals surface area contributed by atoms with Gasteiger partial charge in [0, 0.05) is 22.2 Å². The van der Waals surface area contributed by atoms with Crippen LogP contribution in [0.25, 0.3) is 44.2 Å². The van der Waals surface area contributed by atoms with Gasteiger partial charge in [0.15, 0.2) is 0 Å². The van der Waals surface area contributed by atoms with Crippen molar-refractivity contribution in [3.8, 4) is 33.4 Å². The summed E-state index contributed by atoms with van der Waals surface area (Å²) in [5, 5.41) is 2.65. The van der Waals surface area contributed by atoms with Crippen LogP contribution in [0.4, 0.5) is 17.1 Å². The van der Waals surface area contributed by atoms with Crippen LogP contribution in [0, 0.1) is 11.8 Å². The molecule has 0 N–H and O–H groups in total. The molecule has 0 saturated heterocycles. The Morgan fingerprint density at radius 2 is 1.25 bits per heavy atom. The van der Waals surface area contributed by atoms with E-state index >= 15 is 0 Å². The maximum atomic E-state index is 2.60. The molecule has 0 spiro atoms. The van der Waals surface area contributed by atoms with Gasteiger partial charge in [0.1, 0.15) is 0 Å². The second-order valence-electron chi connectivity index (χ2n) is 18.3. The third kappa shape index (κ3) is 5.96. The number of nitrogens with zero attached hydrogens (tertiary/aromatic N) is 1. The van der Waals surface area contributed by atoms with Gasteiger partial charge in [-0.3, -0.25) is 0 Å². The van der Waals surface area contributed by atoms with Crippen LogP contribution in [-0.4, -0.2) is 0 Å². The van der Waals surface area contributed by atoms with E-state index < -0.39 is 0 Å². The van der Waals surface area contributed by atoms with Gasteiger partial charge in [-0.25, -0.2) is 0 Å². The Morgan fingerprint density at radius 3 is 2.02 bits per heavy atom. The van der Waals surface area contributed by atoms with E-state index in [2.05, 4.69) is 170 Å². The zero-order valence-electron chi connectivity index (χ0n) is 33.6. The van der Waals surface area contributed by atoms with E-state index in [0.29, 0.717) is 11.8 Å². The van der Waals surface area contributed by atoms with Gasteiger partial charge in [-0.05, 0) is 153 Å². The highest BCUT2D eigenvalue weighted by atomic mass is 15.1. The first kappa shape index (κ1) is 34.8. The molecule has 3 fully saturated rings. The molecule has 3 atom stereocenters. The molecule has 0 aromatic heterocycles. The summed E-state index contributed by atoms with van der Waals surface area (Å²) < 4.78 is 0. The zero-order chi connectivity index (χ0) is 38.1. The molecular formula is C56H53N. The fraction of sp³-hybridized carbons (Fsp3) is 0.286. The lowest BCUT2D eigenvalue weighted by Crippen LogP contribution is -2.17. The van der Waals surface area contributed by atoms with Crippen LogP contribution in [0.1, 0.15) is 106 Å². The summed E-state index contributed by atoms with van der Waals surface area (Å²) in [7, 11) is 0. The Kier molecular flexibility index (Phi) is 8.50. The van der Waals surface area contributed by atoms with E-state index in [1.165, 1.54) is 141 Å². The summed E-state index contributed by atoms with van der Waals surface area (Å²) in [6.07, 6.45) is 12.3. The molecule has 282 valence electrons. The van der Waals surface area contributed by atoms with Crippen LogP contribution in [0.2, 0.25) is 0 Å². The minimum atomic E-state index is -0.148. The van der Waals surface area contributed by atoms with Gasteiger partial charge in [0.05, 0.1) is 5.69 Å². The molecule has 1 heteroatoms. The predicted octanol–water partition coefficient (Wildman–Crippen LogP) is 15.9. The summed E-state index contributed by atoms with van der Waals surface area (Å²) in [5.41, 5.74) is 17.2. The highest BCUT2D eigenvalue weighted by Gasteiger charge is 2.41. The monoisotopic (exact) mass is 739 g/mol. The molecule has 2 bridgehead atoms. The second-order valence-corrected chi connectivity index (χ2v) is 18.3. The van der Waals surface area contributed by atoms with Crippen molar-refractivity contribution >= 4 is 27.8 Å². The van der Waals surface area contributed by atoms with Gasteiger partial charge in [-0.1, -0.05) is 155 Å². The molecule has 11 rings (SSSR count). The van der Waals surface area contributed by atoms with Gasteiger partial charge < -0.3 is 4.90 Å². The number of fused-ring (bicyclic) bond motifs is 6. The van der Waals surface area contributed by atoms with E-state index in [1.54, 1.807) is 0 Å². The van der Waals surface area contributed by atoms with Crippen LogP contribution >= 0.6 is 0 Å². The normalized spacial score (nSPS) is 20.8. The Labute approximate surface area is 339 Å². The molecule has 0 aliphatic heterocycles. The summed E-state index contributed by atoms with van der Waals surface area (Å²) >= 11 is 0. The minimum Gasteiger partial charge on any atom is -0.310 e. The number of benzene rings is 7. The van der Waals surface area contributed by atoms with Gasteiger partial charge in [0.25, 0.3) is 0 Å². The molecule has 57 heavy (non-hydrogen) atoms. The van der Waals surface area contributed by atoms with Crippen molar-refractivity contribution in [3.05, 3.63) is 174 Å². The van der Waals surface area contributed by atoms with E-state index in [9.17, 15) is 0 Å². The summed E-state index contributed by atoms with van der Waals surface area (Å²) in [6, 6.07) is 58.3. The maximum absolute atomic E-state index is 2.60. The standard InChI is InChI=1S/C56H53N/c1-56(2)52-18-10-9-17-48(52)55-51(43-24-22-40(23-25-43)38-12-5-3-6-13-38)35-47(36-53(55)56)57(46-30-28-42(29-31-46)49-33-37-20-21-45(49)32-37)54-19-11-16-41-26-27-44(34-50(41)54)39-14-7-4-8-15-39/h3,5-6,9-13,16-19,22-31,34-37,39,45,49H,4,7-8,14-15,20-21,32-33H2,1-2H3. The Hall–Kier alpha value is -5.40. The first-order valence-corrected chi connectivity index (χ1v) is 21.9. The largest absolute Gasteiger partial charge is 0.310 e. The number of hydrogen-bond acceptors (Lipinski definition) is 1. The van der Waals surface area contributed by atoms with Crippen molar-refractivity contribution in [1.82, 2.24) is 0 Å². The van der Waals surface area contributed by atoms with Crippen molar-refractivity contribution < 1.29 is 0 Å². The molecule has 0 amide bonds. The minimum absolute atomic E-state index is 0.148. The molecule has 4 aliphatic carbocycles. The Morgan fingerprint density at radius 1 is 0.509 bits per heavy atom. The fourth-order valence-electron chi connectivity index (χ4n) is 11.7. The lowest BCUT2D eigenvalue weighted by molar-refractivity contribution is 0.420. The average Bonchev–Trinajstić information content (AvgIpc) is 3.97. The number of hydrogen-bond donors (Lipinski definition) is 0. The van der Waals surface area contributed by atoms with Crippen molar-refractivity contribution in [3.63, 3.8) is 0 Å². The fourth-order valence-corrected chi connectivity index (χ4v) is 11.7. The van der Waals surface area contributed by atoms with Gasteiger partial charge in [0.2, 0.25) is 0 Å². The van der Waals surface area contributed by atoms with Gasteiger partial charge in [-0.2, -0.15) is 0 Å². The van der Waals surface area contributed by atoms with Crippen LogP contribution in [0.3, 0.4) is 0 Å². The van der Waals surface area contributed by atoms with Crippen LogP contribution in [-0.2, 0) is 5.41 Å². The van der Waals surface area contributed by atoms with Crippen LogP contribution in [0.15, 0.2) is 152 Å². The van der Waals surface area contributed by atoms with Crippen LogP contribution < -0.4 is 4.90 Å². The summed E-state index contributed by atoms with van der Waals surface area (Å²) in [4.78, 5) is 2.60. The van der Waals surface area contributed by atoms with Crippen molar-refractivity contribution in [1.29, 1.82) is 0 Å². The third-order valence-corrected chi connectivity index (χ3v) is 14.7. The molecular weight excluding hydrogens is 687 g/mol. The summed E-state index contributed by atoms with van der Waals surface area (Å²) in [6.45, 7) is 4.85. The quantitative estimate of drug-likeness (QED) is 0.157. The summed E-state index contributed by atoms with van der Waals surface area (Å²) in [5.74, 6) is 3.16. The highest BCUT2D eigenvalue weighted by Crippen LogP contribution is 2.56. The van der Waals surface area contributed by atoms with Crippen LogP contribution in [0.5, 0.6) is 0 Å². The number of rotatable bonds is 7. The zero-order valence-corrected chi connectivity index (χ0v) is 33.6. The van der Waals surface area contributed by atoms with Crippen molar-refractivity contribution in [2.45, 2.75) is 88.9 Å².